The molecule has 0 heterocycles. The maximum atomic E-state index is 13.1. The Hall–Kier alpha value is -2.16. The van der Waals surface area contributed by atoms with Gasteiger partial charge in [-0.25, -0.2) is 13.2 Å². The van der Waals surface area contributed by atoms with E-state index in [0.717, 1.165) is 18.2 Å². The van der Waals surface area contributed by atoms with Crippen LogP contribution in [0.3, 0.4) is 0 Å². The number of halogens is 6. The summed E-state index contributed by atoms with van der Waals surface area (Å²) in [5, 5.41) is 9.72. The zero-order chi connectivity index (χ0) is 22.0. The molecule has 0 aliphatic rings. The van der Waals surface area contributed by atoms with Crippen molar-refractivity contribution in [3.63, 3.8) is 0 Å². The van der Waals surface area contributed by atoms with Crippen LogP contribution in [-0.2, 0) is 19.6 Å². The van der Waals surface area contributed by atoms with Crippen molar-refractivity contribution < 1.29 is 58.7 Å². The smallest absolute Gasteiger partial charge is 0.427 e. The summed E-state index contributed by atoms with van der Waals surface area (Å²) in [6.45, 7) is 3.07. The van der Waals surface area contributed by atoms with Crippen LogP contribution in [-0.4, -0.2) is 47.8 Å². The lowest BCUT2D eigenvalue weighted by atomic mass is 10.0. The maximum absolute atomic E-state index is 13.1. The van der Waals surface area contributed by atoms with E-state index in [1.54, 1.807) is 0 Å². The molecule has 0 aliphatic carbocycles. The fourth-order valence-corrected chi connectivity index (χ4v) is 2.78. The van der Waals surface area contributed by atoms with Gasteiger partial charge < -0.3 is 19.1 Å². The van der Waals surface area contributed by atoms with E-state index >= 15 is 0 Å². The van der Waals surface area contributed by atoms with Gasteiger partial charge in [-0.3, -0.25) is 0 Å². The zero-order valence-corrected chi connectivity index (χ0v) is 14.3. The van der Waals surface area contributed by atoms with E-state index in [4.69, 9.17) is 0 Å². The number of aliphatic hydroxyl groups excluding tert-OH is 1. The van der Waals surface area contributed by atoms with Crippen LogP contribution in [0.25, 0.3) is 0 Å². The molecule has 1 aromatic carbocycles. The van der Waals surface area contributed by atoms with Crippen molar-refractivity contribution in [2.45, 2.75) is 24.2 Å². The average molecular weight is 437 g/mol. The van der Waals surface area contributed by atoms with E-state index in [0.29, 0.717) is 12.1 Å². The van der Waals surface area contributed by atoms with E-state index in [-0.39, 0.29) is 0 Å². The first-order valence-corrected chi connectivity index (χ1v) is 8.47. The SMILES string of the molecule is C=CC(=O)Oc1cccc([C@@H](O)OC(CS(=O)(=O)[O-])(C(F)(F)F)C(F)(F)F)c1. The van der Waals surface area contributed by atoms with Crippen LogP contribution in [0.4, 0.5) is 26.3 Å². The van der Waals surface area contributed by atoms with Crippen LogP contribution < -0.4 is 4.74 Å². The predicted molar refractivity (Wildman–Crippen MR) is 77.7 cm³/mol. The number of esters is 1. The molecule has 0 aliphatic heterocycles. The number of aliphatic hydroxyl groups is 1. The Morgan fingerprint density at radius 2 is 1.75 bits per heavy atom. The van der Waals surface area contributed by atoms with Gasteiger partial charge in [0, 0.05) is 11.6 Å². The Balaban J connectivity index is 3.38. The lowest BCUT2D eigenvalue weighted by Gasteiger charge is -2.38. The standard InChI is InChI=1S/C14H12F6O7S/c1-2-10(21)26-9-5-3-4-8(6-9)11(22)27-12(13(15,16)17,14(18,19)20)7-28(23,24)25/h2-6,11,22H,1,7H2,(H,23,24,25)/p-1/t11-/m0/s1. The van der Waals surface area contributed by atoms with E-state index in [2.05, 4.69) is 16.1 Å². The molecule has 0 unspecified atom stereocenters. The molecule has 0 fully saturated rings. The summed E-state index contributed by atoms with van der Waals surface area (Å²) in [6.07, 6.45) is -15.2. The molecule has 0 amide bonds. The summed E-state index contributed by atoms with van der Waals surface area (Å²) >= 11 is 0. The molecule has 1 rings (SSSR count). The number of carbonyl (C=O) groups is 1. The van der Waals surface area contributed by atoms with Gasteiger partial charge in [-0.2, -0.15) is 26.3 Å². The van der Waals surface area contributed by atoms with Crippen LogP contribution >= 0.6 is 0 Å². The van der Waals surface area contributed by atoms with Crippen molar-refractivity contribution in [1.29, 1.82) is 0 Å². The number of rotatable bonds is 7. The van der Waals surface area contributed by atoms with Gasteiger partial charge in [0.15, 0.2) is 6.29 Å². The quantitative estimate of drug-likeness (QED) is 0.174. The minimum absolute atomic E-state index is 0.397. The lowest BCUT2D eigenvalue weighted by Crippen LogP contribution is -2.63. The van der Waals surface area contributed by atoms with Gasteiger partial charge in [0.05, 0.1) is 15.9 Å². The predicted octanol–water partition coefficient (Wildman–Crippen LogP) is 2.19. The highest BCUT2D eigenvalue weighted by atomic mass is 32.2. The molecule has 0 bridgehead atoms. The van der Waals surface area contributed by atoms with Gasteiger partial charge in [0.1, 0.15) is 5.75 Å². The Kier molecular flexibility index (Phi) is 6.88. The van der Waals surface area contributed by atoms with Crippen molar-refractivity contribution in [2.24, 2.45) is 0 Å². The van der Waals surface area contributed by atoms with E-state index in [9.17, 15) is 49.2 Å². The fraction of sp³-hybridized carbons (Fsp3) is 0.357. The average Bonchev–Trinajstić information content (AvgIpc) is 2.50. The van der Waals surface area contributed by atoms with E-state index in [1.165, 1.54) is 0 Å². The van der Waals surface area contributed by atoms with Crippen LogP contribution in [0.1, 0.15) is 11.9 Å². The number of ether oxygens (including phenoxy) is 2. The monoisotopic (exact) mass is 437 g/mol. The molecular formula is C14H11F6O7S-. The second kappa shape index (κ2) is 8.06. The van der Waals surface area contributed by atoms with Crippen molar-refractivity contribution >= 4 is 16.1 Å². The Labute approximate surface area is 153 Å². The minimum Gasteiger partial charge on any atom is -0.748 e. The maximum Gasteiger partial charge on any atom is 0.427 e. The van der Waals surface area contributed by atoms with Gasteiger partial charge in [0.2, 0.25) is 0 Å². The molecule has 0 saturated heterocycles. The highest BCUT2D eigenvalue weighted by Gasteiger charge is 2.74. The molecule has 7 nitrogen and oxygen atoms in total. The van der Waals surface area contributed by atoms with Crippen molar-refractivity contribution in [1.82, 2.24) is 0 Å². The zero-order valence-electron chi connectivity index (χ0n) is 13.5. The van der Waals surface area contributed by atoms with Gasteiger partial charge in [0.25, 0.3) is 5.60 Å². The Morgan fingerprint density at radius 3 is 2.18 bits per heavy atom. The number of hydrogen-bond donors (Lipinski definition) is 1. The summed E-state index contributed by atoms with van der Waals surface area (Å²) < 4.78 is 119. The molecule has 1 aromatic rings. The molecule has 0 saturated carbocycles. The highest BCUT2D eigenvalue weighted by Crippen LogP contribution is 2.48. The highest BCUT2D eigenvalue weighted by molar-refractivity contribution is 7.85. The van der Waals surface area contributed by atoms with Crippen molar-refractivity contribution in [2.75, 3.05) is 5.75 Å². The van der Waals surface area contributed by atoms with E-state index < -0.39 is 57.4 Å². The third kappa shape index (κ3) is 5.67. The molecule has 28 heavy (non-hydrogen) atoms. The molecule has 0 spiro atoms. The lowest BCUT2D eigenvalue weighted by molar-refractivity contribution is -0.399. The summed E-state index contributed by atoms with van der Waals surface area (Å²) in [7, 11) is -6.11. The number of benzene rings is 1. The minimum atomic E-state index is -6.43. The first-order chi connectivity index (χ1) is 12.5. The molecule has 0 radical (unpaired) electrons. The first-order valence-electron chi connectivity index (χ1n) is 6.89. The number of hydrogen-bond acceptors (Lipinski definition) is 7. The largest absolute Gasteiger partial charge is 0.748 e. The molecule has 1 N–H and O–H groups in total. The summed E-state index contributed by atoms with van der Waals surface area (Å²) in [4.78, 5) is 11.1. The fourth-order valence-electron chi connectivity index (χ4n) is 1.89. The van der Waals surface area contributed by atoms with Gasteiger partial charge in [-0.05, 0) is 12.1 Å². The van der Waals surface area contributed by atoms with Crippen molar-refractivity contribution in [3.8, 4) is 5.75 Å². The normalized spacial score (nSPS) is 14.4. The summed E-state index contributed by atoms with van der Waals surface area (Å²) in [5.41, 5.74) is -6.26. The van der Waals surface area contributed by atoms with Crippen LogP contribution in [0.15, 0.2) is 36.9 Å². The van der Waals surface area contributed by atoms with Gasteiger partial charge in [-0.15, -0.1) is 0 Å². The first kappa shape index (κ1) is 23.9. The van der Waals surface area contributed by atoms with Crippen LogP contribution in [0.5, 0.6) is 5.75 Å². The van der Waals surface area contributed by atoms with Crippen LogP contribution in [0, 0.1) is 0 Å². The van der Waals surface area contributed by atoms with Gasteiger partial charge >= 0.3 is 18.3 Å². The molecule has 14 heteroatoms. The molecular weight excluding hydrogens is 426 g/mol. The number of carbonyl (C=O) groups excluding carboxylic acids is 1. The van der Waals surface area contributed by atoms with E-state index in [1.807, 2.05) is 0 Å². The molecule has 0 aromatic heterocycles. The Morgan fingerprint density at radius 1 is 1.21 bits per heavy atom. The van der Waals surface area contributed by atoms with Gasteiger partial charge in [-0.1, -0.05) is 18.7 Å². The second-order valence-electron chi connectivity index (χ2n) is 5.19. The second-order valence-corrected chi connectivity index (χ2v) is 6.60. The van der Waals surface area contributed by atoms with Crippen molar-refractivity contribution in [3.05, 3.63) is 42.5 Å². The number of alkyl halides is 6. The van der Waals surface area contributed by atoms with Crippen LogP contribution in [0.2, 0.25) is 0 Å². The molecule has 1 atom stereocenters. The third-order valence-electron chi connectivity index (χ3n) is 3.14. The molecule has 158 valence electrons. The topological polar surface area (TPSA) is 113 Å². The summed E-state index contributed by atoms with van der Waals surface area (Å²) in [5.74, 6) is -4.48. The Bertz CT molecular complexity index is 817. The summed E-state index contributed by atoms with van der Waals surface area (Å²) in [6, 6.07) is 3.52. The third-order valence-corrected chi connectivity index (χ3v) is 3.90.